The van der Waals surface area contributed by atoms with Crippen molar-refractivity contribution in [2.24, 2.45) is 0 Å². The van der Waals surface area contributed by atoms with E-state index in [2.05, 4.69) is 24.4 Å². The van der Waals surface area contributed by atoms with Crippen molar-refractivity contribution in [2.75, 3.05) is 7.05 Å². The summed E-state index contributed by atoms with van der Waals surface area (Å²) >= 11 is 6.17. The normalized spacial score (nSPS) is 12.4. The minimum Gasteiger partial charge on any atom is -0.313 e. The summed E-state index contributed by atoms with van der Waals surface area (Å²) in [5, 5.41) is 3.80. The summed E-state index contributed by atoms with van der Waals surface area (Å²) in [7, 11) is 1.87. The van der Waals surface area contributed by atoms with Crippen LogP contribution in [0.25, 0.3) is 0 Å². The molecule has 1 unspecified atom stereocenters. The van der Waals surface area contributed by atoms with E-state index < -0.39 is 0 Å². The van der Waals surface area contributed by atoms with Crippen molar-refractivity contribution in [3.8, 4) is 0 Å². The third-order valence-electron chi connectivity index (χ3n) is 3.37. The van der Waals surface area contributed by atoms with Gasteiger partial charge in [0.2, 0.25) is 0 Å². The van der Waals surface area contributed by atoms with Crippen molar-refractivity contribution < 1.29 is 4.39 Å². The van der Waals surface area contributed by atoms with E-state index >= 15 is 0 Å². The van der Waals surface area contributed by atoms with Crippen LogP contribution >= 0.6 is 11.6 Å². The third kappa shape index (κ3) is 3.34. The maximum Gasteiger partial charge on any atom is 0.123 e. The SMILES string of the molecule is CNC(Cc1ccccc1C)c1cc(F)ccc1Cl. The lowest BCUT2D eigenvalue weighted by Crippen LogP contribution is -2.19. The van der Waals surface area contributed by atoms with Gasteiger partial charge in [0, 0.05) is 11.1 Å². The predicted octanol–water partition coefficient (Wildman–Crippen LogP) is 4.29. The van der Waals surface area contributed by atoms with E-state index in [9.17, 15) is 4.39 Å². The zero-order chi connectivity index (χ0) is 13.8. The standard InChI is InChI=1S/C16H17ClFN/c1-11-5-3-4-6-12(11)9-16(19-2)14-10-13(18)7-8-15(14)17/h3-8,10,16,19H,9H2,1-2H3. The lowest BCUT2D eigenvalue weighted by molar-refractivity contribution is 0.576. The maximum absolute atomic E-state index is 13.4. The van der Waals surface area contributed by atoms with Gasteiger partial charge in [-0.1, -0.05) is 35.9 Å². The number of aryl methyl sites for hydroxylation is 1. The number of hydrogen-bond acceptors (Lipinski definition) is 1. The number of likely N-dealkylation sites (N-methyl/N-ethyl adjacent to an activating group) is 1. The largest absolute Gasteiger partial charge is 0.313 e. The van der Waals surface area contributed by atoms with E-state index in [-0.39, 0.29) is 11.9 Å². The molecule has 0 amide bonds. The first-order valence-electron chi connectivity index (χ1n) is 6.28. The fourth-order valence-electron chi connectivity index (χ4n) is 2.21. The monoisotopic (exact) mass is 277 g/mol. The molecule has 3 heteroatoms. The molecule has 100 valence electrons. The summed E-state index contributed by atoms with van der Waals surface area (Å²) in [5.74, 6) is -0.260. The molecule has 0 aliphatic heterocycles. The molecule has 2 aromatic rings. The van der Waals surface area contributed by atoms with E-state index in [1.807, 2.05) is 19.2 Å². The van der Waals surface area contributed by atoms with Crippen LogP contribution in [0.3, 0.4) is 0 Å². The first-order chi connectivity index (χ1) is 9.11. The number of benzene rings is 2. The Labute approximate surface area is 118 Å². The van der Waals surface area contributed by atoms with Gasteiger partial charge in [-0.15, -0.1) is 0 Å². The van der Waals surface area contributed by atoms with Crippen LogP contribution in [0.2, 0.25) is 5.02 Å². The molecule has 0 aromatic heterocycles. The molecule has 1 N–H and O–H groups in total. The molecule has 0 saturated carbocycles. The van der Waals surface area contributed by atoms with E-state index in [0.717, 1.165) is 12.0 Å². The molecule has 0 aliphatic carbocycles. The van der Waals surface area contributed by atoms with Gasteiger partial charge in [0.25, 0.3) is 0 Å². The first-order valence-corrected chi connectivity index (χ1v) is 6.66. The molecule has 0 bridgehead atoms. The van der Waals surface area contributed by atoms with Gasteiger partial charge >= 0.3 is 0 Å². The Morgan fingerprint density at radius 1 is 1.21 bits per heavy atom. The van der Waals surface area contributed by atoms with Crippen LogP contribution < -0.4 is 5.32 Å². The second-order valence-electron chi connectivity index (χ2n) is 4.64. The molecule has 0 fully saturated rings. The highest BCUT2D eigenvalue weighted by molar-refractivity contribution is 6.31. The second kappa shape index (κ2) is 6.18. The van der Waals surface area contributed by atoms with Crippen molar-refractivity contribution in [3.05, 3.63) is 70.0 Å². The molecule has 0 saturated heterocycles. The lowest BCUT2D eigenvalue weighted by Gasteiger charge is -2.19. The summed E-state index contributed by atoms with van der Waals surface area (Å²) < 4.78 is 13.4. The van der Waals surface area contributed by atoms with Crippen LogP contribution in [0.5, 0.6) is 0 Å². The second-order valence-corrected chi connectivity index (χ2v) is 5.04. The van der Waals surface area contributed by atoms with Crippen molar-refractivity contribution in [1.29, 1.82) is 0 Å². The van der Waals surface area contributed by atoms with E-state index in [1.54, 1.807) is 6.07 Å². The topological polar surface area (TPSA) is 12.0 Å². The van der Waals surface area contributed by atoms with Crippen LogP contribution in [0.1, 0.15) is 22.7 Å². The number of hydrogen-bond donors (Lipinski definition) is 1. The van der Waals surface area contributed by atoms with Gasteiger partial charge in [0.15, 0.2) is 0 Å². The Morgan fingerprint density at radius 2 is 1.95 bits per heavy atom. The Bertz CT molecular complexity index is 568. The average molecular weight is 278 g/mol. The van der Waals surface area contributed by atoms with Crippen LogP contribution in [-0.2, 0) is 6.42 Å². The molecule has 2 rings (SSSR count). The Kier molecular flexibility index (Phi) is 4.56. The summed E-state index contributed by atoms with van der Waals surface area (Å²) in [6.45, 7) is 2.08. The molecule has 0 aliphatic rings. The van der Waals surface area contributed by atoms with Crippen LogP contribution in [-0.4, -0.2) is 7.05 Å². The molecule has 19 heavy (non-hydrogen) atoms. The van der Waals surface area contributed by atoms with Gasteiger partial charge < -0.3 is 5.32 Å². The van der Waals surface area contributed by atoms with E-state index in [0.29, 0.717) is 5.02 Å². The zero-order valence-corrected chi connectivity index (χ0v) is 11.8. The minimum absolute atomic E-state index is 0.00398. The zero-order valence-electron chi connectivity index (χ0n) is 11.1. The molecule has 0 heterocycles. The van der Waals surface area contributed by atoms with Crippen LogP contribution in [0.15, 0.2) is 42.5 Å². The molecular formula is C16H17ClFN. The number of halogens is 2. The Hall–Kier alpha value is -1.38. The quantitative estimate of drug-likeness (QED) is 0.879. The Balaban J connectivity index is 2.30. The molecule has 2 aromatic carbocycles. The number of nitrogens with one attached hydrogen (secondary N) is 1. The molecule has 1 atom stereocenters. The van der Waals surface area contributed by atoms with Crippen molar-refractivity contribution in [1.82, 2.24) is 5.32 Å². The van der Waals surface area contributed by atoms with Crippen LogP contribution in [0.4, 0.5) is 4.39 Å². The number of rotatable bonds is 4. The summed E-state index contributed by atoms with van der Waals surface area (Å²) in [4.78, 5) is 0. The van der Waals surface area contributed by atoms with Gasteiger partial charge in [0.05, 0.1) is 0 Å². The van der Waals surface area contributed by atoms with Gasteiger partial charge in [-0.2, -0.15) is 0 Å². The van der Waals surface area contributed by atoms with Gasteiger partial charge in [-0.25, -0.2) is 4.39 Å². The third-order valence-corrected chi connectivity index (χ3v) is 3.71. The highest BCUT2D eigenvalue weighted by atomic mass is 35.5. The molecule has 0 spiro atoms. The van der Waals surface area contributed by atoms with Crippen molar-refractivity contribution >= 4 is 11.6 Å². The fraction of sp³-hybridized carbons (Fsp3) is 0.250. The molecule has 0 radical (unpaired) electrons. The summed E-state index contributed by atoms with van der Waals surface area (Å²) in [5.41, 5.74) is 3.27. The smallest absolute Gasteiger partial charge is 0.123 e. The van der Waals surface area contributed by atoms with E-state index in [1.165, 1.54) is 23.3 Å². The van der Waals surface area contributed by atoms with Crippen LogP contribution in [0, 0.1) is 12.7 Å². The predicted molar refractivity (Wildman–Crippen MR) is 78.1 cm³/mol. The molecule has 1 nitrogen and oxygen atoms in total. The fourth-order valence-corrected chi connectivity index (χ4v) is 2.46. The van der Waals surface area contributed by atoms with Crippen molar-refractivity contribution in [3.63, 3.8) is 0 Å². The van der Waals surface area contributed by atoms with Gasteiger partial charge in [0.1, 0.15) is 5.82 Å². The highest BCUT2D eigenvalue weighted by Gasteiger charge is 2.15. The van der Waals surface area contributed by atoms with Crippen molar-refractivity contribution in [2.45, 2.75) is 19.4 Å². The maximum atomic E-state index is 13.4. The lowest BCUT2D eigenvalue weighted by atomic mass is 9.96. The van der Waals surface area contributed by atoms with Gasteiger partial charge in [-0.05, 0) is 55.3 Å². The summed E-state index contributed by atoms with van der Waals surface area (Å²) in [6, 6.07) is 12.7. The van der Waals surface area contributed by atoms with E-state index in [4.69, 9.17) is 11.6 Å². The minimum atomic E-state index is -0.260. The summed E-state index contributed by atoms with van der Waals surface area (Å²) in [6.07, 6.45) is 0.784. The molecular weight excluding hydrogens is 261 g/mol. The Morgan fingerprint density at radius 3 is 2.63 bits per heavy atom. The first kappa shape index (κ1) is 14.0. The van der Waals surface area contributed by atoms with Gasteiger partial charge in [-0.3, -0.25) is 0 Å². The average Bonchev–Trinajstić information content (AvgIpc) is 2.41. The highest BCUT2D eigenvalue weighted by Crippen LogP contribution is 2.27.